The highest BCUT2D eigenvalue weighted by atomic mass is 16.6. The Kier molecular flexibility index (Phi) is 54.9. The zero-order chi connectivity index (χ0) is 49.2. The third-order valence-electron chi connectivity index (χ3n) is 11.8. The van der Waals surface area contributed by atoms with E-state index in [2.05, 4.69) is 118 Å². The van der Waals surface area contributed by atoms with Gasteiger partial charge in [0.1, 0.15) is 6.61 Å². The molecule has 5 heteroatoms. The lowest BCUT2D eigenvalue weighted by atomic mass is 10.1. The first kappa shape index (κ1) is 64.6. The van der Waals surface area contributed by atoms with Crippen LogP contribution in [0.4, 0.5) is 0 Å². The van der Waals surface area contributed by atoms with Crippen LogP contribution in [0.3, 0.4) is 0 Å². The number of esters is 2. The Balaban J connectivity index is 4.41. The van der Waals surface area contributed by atoms with Gasteiger partial charge in [0, 0.05) is 13.0 Å². The summed E-state index contributed by atoms with van der Waals surface area (Å²) in [5, 5.41) is 0. The minimum Gasteiger partial charge on any atom is -0.462 e. The lowest BCUT2D eigenvalue weighted by Crippen LogP contribution is -2.29. The summed E-state index contributed by atoms with van der Waals surface area (Å²) in [7, 11) is 0. The van der Waals surface area contributed by atoms with E-state index in [9.17, 15) is 9.59 Å². The number of carbonyl (C=O) groups is 2. The Morgan fingerprint density at radius 1 is 0.353 bits per heavy atom. The maximum absolute atomic E-state index is 12.8. The molecular weight excluding hydrogens is 837 g/mol. The van der Waals surface area contributed by atoms with Gasteiger partial charge in [-0.1, -0.05) is 239 Å². The van der Waals surface area contributed by atoms with Gasteiger partial charge >= 0.3 is 11.9 Å². The summed E-state index contributed by atoms with van der Waals surface area (Å²) in [6.45, 7) is 7.56. The fraction of sp³-hybridized carbons (Fsp3) is 0.683. The Labute approximate surface area is 421 Å². The van der Waals surface area contributed by atoms with Crippen LogP contribution in [0.5, 0.6) is 0 Å². The number of allylic oxidation sites excluding steroid dienone is 17. The molecule has 0 fully saturated rings. The van der Waals surface area contributed by atoms with Crippen molar-refractivity contribution in [3.8, 4) is 0 Å². The van der Waals surface area contributed by atoms with E-state index in [4.69, 9.17) is 14.2 Å². The van der Waals surface area contributed by atoms with E-state index in [1.165, 1.54) is 135 Å². The first-order valence-electron chi connectivity index (χ1n) is 28.4. The Hall–Kier alpha value is -3.44. The van der Waals surface area contributed by atoms with Gasteiger partial charge in [0.05, 0.1) is 13.0 Å². The summed E-state index contributed by atoms with van der Waals surface area (Å²) in [6.07, 6.45) is 79.9. The van der Waals surface area contributed by atoms with Crippen LogP contribution in [0, 0.1) is 0 Å². The zero-order valence-corrected chi connectivity index (χ0v) is 44.6. The average Bonchev–Trinajstić information content (AvgIpc) is 3.34. The Bertz CT molecular complexity index is 1340. The molecule has 1 atom stereocenters. The predicted octanol–water partition coefficient (Wildman–Crippen LogP) is 19.6. The van der Waals surface area contributed by atoms with Gasteiger partial charge in [0.25, 0.3) is 0 Å². The van der Waals surface area contributed by atoms with Crippen molar-refractivity contribution in [3.63, 3.8) is 0 Å². The van der Waals surface area contributed by atoms with Crippen molar-refractivity contribution in [2.75, 3.05) is 19.8 Å². The van der Waals surface area contributed by atoms with Crippen LogP contribution in [0.2, 0.25) is 0 Å². The predicted molar refractivity (Wildman–Crippen MR) is 297 cm³/mol. The van der Waals surface area contributed by atoms with Crippen LogP contribution in [0.1, 0.15) is 252 Å². The minimum atomic E-state index is -0.605. The molecule has 0 amide bonds. The molecule has 0 aliphatic rings. The van der Waals surface area contributed by atoms with Crippen molar-refractivity contribution in [3.05, 3.63) is 109 Å². The maximum atomic E-state index is 12.8. The summed E-state index contributed by atoms with van der Waals surface area (Å²) in [5.41, 5.74) is 0. The fourth-order valence-corrected chi connectivity index (χ4v) is 7.59. The first-order valence-corrected chi connectivity index (χ1v) is 28.4. The number of carbonyl (C=O) groups excluding carboxylic acids is 2. The second kappa shape index (κ2) is 57.9. The highest BCUT2D eigenvalue weighted by Gasteiger charge is 2.17. The standard InChI is InChI=1S/C63H106O5/c1-4-7-10-13-16-19-22-25-28-30-32-33-36-38-41-44-47-50-53-56-62(64)67-60-61(68-63(65)57-54-51-48-45-42-39-35-27-24-21-18-15-12-9-6-3)59-66-58-55-52-49-46-43-40-37-34-31-29-26-23-20-17-14-11-8-5-2/h9,12,16,18-19,21,25-29,32-33,35,42,45,51,54,61H,4-8,10-11,13-15,17,20,22-24,30-31,34,36-41,43-44,46-50,52-53,55-60H2,1-3H3/b12-9-,19-16-,21-18-,28-25-,29-26-,33-32-,35-27-,45-42-,54-51-. The monoisotopic (exact) mass is 943 g/mol. The largest absolute Gasteiger partial charge is 0.462 e. The molecule has 0 aromatic rings. The van der Waals surface area contributed by atoms with Crippen molar-refractivity contribution in [1.29, 1.82) is 0 Å². The Morgan fingerprint density at radius 2 is 0.706 bits per heavy atom. The third kappa shape index (κ3) is 55.2. The molecule has 0 saturated heterocycles. The first-order chi connectivity index (χ1) is 33.6. The summed E-state index contributed by atoms with van der Waals surface area (Å²) >= 11 is 0. The SMILES string of the molecule is CC/C=C\C/C=C\C/C=C\C/C=C\C/C=C\CC(=O)OC(COCCCCCCCCCC/C=C\CCCCCCCC)COC(=O)CCCCCCCC/C=C\C/C=C\C/C=C\CCCCC. The molecule has 0 heterocycles. The fourth-order valence-electron chi connectivity index (χ4n) is 7.59. The quantitative estimate of drug-likeness (QED) is 0.0345. The number of rotatable bonds is 51. The smallest absolute Gasteiger partial charge is 0.310 e. The summed E-state index contributed by atoms with van der Waals surface area (Å²) in [4.78, 5) is 25.4. The van der Waals surface area contributed by atoms with E-state index in [1.807, 2.05) is 12.2 Å². The van der Waals surface area contributed by atoms with Gasteiger partial charge in [-0.3, -0.25) is 9.59 Å². The number of hydrogen-bond acceptors (Lipinski definition) is 5. The third-order valence-corrected chi connectivity index (χ3v) is 11.8. The molecule has 388 valence electrons. The normalized spacial score (nSPS) is 13.0. The molecular formula is C63H106O5. The van der Waals surface area contributed by atoms with Crippen molar-refractivity contribution in [1.82, 2.24) is 0 Å². The van der Waals surface area contributed by atoms with Crippen LogP contribution in [-0.4, -0.2) is 37.9 Å². The minimum absolute atomic E-state index is 0.0324. The van der Waals surface area contributed by atoms with E-state index < -0.39 is 6.10 Å². The Morgan fingerprint density at radius 3 is 1.18 bits per heavy atom. The van der Waals surface area contributed by atoms with Gasteiger partial charge in [-0.15, -0.1) is 0 Å². The van der Waals surface area contributed by atoms with E-state index in [0.717, 1.165) is 83.5 Å². The second-order valence-corrected chi connectivity index (χ2v) is 18.5. The molecule has 0 N–H and O–H groups in total. The lowest BCUT2D eigenvalue weighted by Gasteiger charge is -2.18. The van der Waals surface area contributed by atoms with Gasteiger partial charge in [0.2, 0.25) is 0 Å². The van der Waals surface area contributed by atoms with Gasteiger partial charge < -0.3 is 14.2 Å². The number of unbranched alkanes of at least 4 members (excludes halogenated alkanes) is 23. The van der Waals surface area contributed by atoms with Gasteiger partial charge in [-0.25, -0.2) is 0 Å². The van der Waals surface area contributed by atoms with Crippen molar-refractivity contribution in [2.24, 2.45) is 0 Å². The second-order valence-electron chi connectivity index (χ2n) is 18.5. The molecule has 0 aromatic carbocycles. The summed E-state index contributed by atoms with van der Waals surface area (Å²) in [5.74, 6) is -0.560. The number of hydrogen-bond donors (Lipinski definition) is 0. The van der Waals surface area contributed by atoms with E-state index >= 15 is 0 Å². The van der Waals surface area contributed by atoms with E-state index in [-0.39, 0.29) is 31.6 Å². The van der Waals surface area contributed by atoms with Gasteiger partial charge in [-0.05, 0) is 109 Å². The van der Waals surface area contributed by atoms with Crippen LogP contribution in [0.15, 0.2) is 109 Å². The highest BCUT2D eigenvalue weighted by Crippen LogP contribution is 2.13. The molecule has 0 aliphatic carbocycles. The van der Waals surface area contributed by atoms with Gasteiger partial charge in [-0.2, -0.15) is 0 Å². The molecule has 68 heavy (non-hydrogen) atoms. The molecule has 1 unspecified atom stereocenters. The lowest BCUT2D eigenvalue weighted by molar-refractivity contribution is -0.162. The van der Waals surface area contributed by atoms with Crippen LogP contribution < -0.4 is 0 Å². The summed E-state index contributed by atoms with van der Waals surface area (Å²) in [6, 6.07) is 0. The molecule has 0 spiro atoms. The average molecular weight is 944 g/mol. The molecule has 0 radical (unpaired) electrons. The van der Waals surface area contributed by atoms with Crippen LogP contribution in [-0.2, 0) is 23.8 Å². The highest BCUT2D eigenvalue weighted by molar-refractivity contribution is 5.71. The summed E-state index contributed by atoms with van der Waals surface area (Å²) < 4.78 is 17.3. The molecule has 0 aliphatic heterocycles. The number of ether oxygens (including phenoxy) is 3. The van der Waals surface area contributed by atoms with Crippen molar-refractivity contribution in [2.45, 2.75) is 258 Å². The molecule has 0 bridgehead atoms. The van der Waals surface area contributed by atoms with Crippen LogP contribution in [0.25, 0.3) is 0 Å². The van der Waals surface area contributed by atoms with Gasteiger partial charge in [0.15, 0.2) is 6.10 Å². The van der Waals surface area contributed by atoms with E-state index in [1.54, 1.807) is 0 Å². The van der Waals surface area contributed by atoms with Crippen molar-refractivity contribution < 1.29 is 23.8 Å². The van der Waals surface area contributed by atoms with E-state index in [0.29, 0.717) is 13.0 Å². The topological polar surface area (TPSA) is 61.8 Å². The molecule has 0 rings (SSSR count). The van der Waals surface area contributed by atoms with Crippen molar-refractivity contribution >= 4 is 11.9 Å². The molecule has 0 saturated carbocycles. The molecule has 0 aromatic heterocycles. The van der Waals surface area contributed by atoms with Crippen LogP contribution >= 0.6 is 0 Å². The molecule has 5 nitrogen and oxygen atoms in total. The maximum Gasteiger partial charge on any atom is 0.310 e. The zero-order valence-electron chi connectivity index (χ0n) is 44.6.